The molecular formula is C16H8N2O4. The highest BCUT2D eigenvalue weighted by Gasteiger charge is 2.14. The van der Waals surface area contributed by atoms with E-state index in [1.807, 2.05) is 12.1 Å². The molecule has 0 aliphatic heterocycles. The smallest absolute Gasteiger partial charge is 0.242 e. The lowest BCUT2D eigenvalue weighted by Crippen LogP contribution is -2.11. The summed E-state index contributed by atoms with van der Waals surface area (Å²) in [6, 6.07) is 15.1. The second kappa shape index (κ2) is 6.69. The second-order valence-corrected chi connectivity index (χ2v) is 4.12. The van der Waals surface area contributed by atoms with Crippen LogP contribution in [-0.2, 0) is 9.78 Å². The molecular weight excluding hydrogens is 284 g/mol. The third kappa shape index (κ3) is 3.47. The summed E-state index contributed by atoms with van der Waals surface area (Å²) < 4.78 is 0. The molecule has 2 aromatic carbocycles. The summed E-state index contributed by atoms with van der Waals surface area (Å²) in [7, 11) is 0. The Bertz CT molecular complexity index is 711. The third-order valence-corrected chi connectivity index (χ3v) is 2.69. The molecule has 0 spiro atoms. The minimum Gasteiger partial charge on any atom is -0.242 e. The average molecular weight is 292 g/mol. The van der Waals surface area contributed by atoms with Crippen molar-refractivity contribution in [3.05, 3.63) is 70.8 Å². The highest BCUT2D eigenvalue weighted by molar-refractivity contribution is 5.92. The van der Waals surface area contributed by atoms with Gasteiger partial charge in [0.05, 0.1) is 34.4 Å². The summed E-state index contributed by atoms with van der Waals surface area (Å²) in [6.07, 6.45) is 0. The molecule has 6 nitrogen and oxygen atoms in total. The lowest BCUT2D eigenvalue weighted by Gasteiger charge is -2.03. The van der Waals surface area contributed by atoms with Crippen molar-refractivity contribution in [2.45, 2.75) is 0 Å². The maximum Gasteiger partial charge on any atom is 0.386 e. The topological polar surface area (TPSA) is 100 Å². The van der Waals surface area contributed by atoms with Gasteiger partial charge in [-0.2, -0.15) is 10.5 Å². The molecule has 22 heavy (non-hydrogen) atoms. The van der Waals surface area contributed by atoms with Crippen LogP contribution in [0.25, 0.3) is 0 Å². The van der Waals surface area contributed by atoms with Crippen LogP contribution in [0.3, 0.4) is 0 Å². The summed E-state index contributed by atoms with van der Waals surface area (Å²) in [5, 5.41) is 17.3. The zero-order valence-corrected chi connectivity index (χ0v) is 11.1. The van der Waals surface area contributed by atoms with Crippen molar-refractivity contribution in [2.24, 2.45) is 0 Å². The van der Waals surface area contributed by atoms with E-state index in [0.29, 0.717) is 11.1 Å². The Morgan fingerprint density at radius 1 is 0.682 bits per heavy atom. The van der Waals surface area contributed by atoms with Crippen molar-refractivity contribution < 1.29 is 19.4 Å². The van der Waals surface area contributed by atoms with Gasteiger partial charge in [0.25, 0.3) is 0 Å². The predicted octanol–water partition coefficient (Wildman–Crippen LogP) is 2.36. The van der Waals surface area contributed by atoms with Gasteiger partial charge in [-0.15, -0.1) is 0 Å². The maximum atomic E-state index is 11.7. The van der Waals surface area contributed by atoms with Crippen LogP contribution in [0.2, 0.25) is 0 Å². The van der Waals surface area contributed by atoms with Crippen LogP contribution < -0.4 is 0 Å². The summed E-state index contributed by atoms with van der Waals surface area (Å²) >= 11 is 0. The Morgan fingerprint density at radius 2 is 1.00 bits per heavy atom. The fraction of sp³-hybridized carbons (Fsp3) is 0. The highest BCUT2D eigenvalue weighted by Crippen LogP contribution is 2.08. The first-order chi connectivity index (χ1) is 10.6. The first-order valence-electron chi connectivity index (χ1n) is 6.07. The lowest BCUT2D eigenvalue weighted by molar-refractivity contribution is -0.187. The molecule has 0 radical (unpaired) electrons. The molecule has 0 aliphatic rings. The van der Waals surface area contributed by atoms with E-state index in [-0.39, 0.29) is 11.1 Å². The van der Waals surface area contributed by atoms with Gasteiger partial charge < -0.3 is 0 Å². The molecule has 106 valence electrons. The molecule has 0 bridgehead atoms. The summed E-state index contributed by atoms with van der Waals surface area (Å²) in [5.41, 5.74) is 1.08. The van der Waals surface area contributed by atoms with Crippen molar-refractivity contribution in [1.82, 2.24) is 0 Å². The van der Waals surface area contributed by atoms with Crippen molar-refractivity contribution in [3.63, 3.8) is 0 Å². The average Bonchev–Trinajstić information content (AvgIpc) is 2.59. The Morgan fingerprint density at radius 3 is 1.27 bits per heavy atom. The van der Waals surface area contributed by atoms with Crippen LogP contribution >= 0.6 is 0 Å². The summed E-state index contributed by atoms with van der Waals surface area (Å²) in [6.45, 7) is 0. The van der Waals surface area contributed by atoms with E-state index in [2.05, 4.69) is 9.78 Å². The SMILES string of the molecule is N#Cc1ccc(C(=O)OOC(=O)c2ccc(C#N)cc2)cc1. The van der Waals surface area contributed by atoms with E-state index in [4.69, 9.17) is 10.5 Å². The molecule has 0 unspecified atom stereocenters. The van der Waals surface area contributed by atoms with Gasteiger partial charge in [0, 0.05) is 0 Å². The molecule has 0 saturated heterocycles. The molecule has 2 aromatic rings. The molecule has 0 N–H and O–H groups in total. The van der Waals surface area contributed by atoms with Gasteiger partial charge in [-0.1, -0.05) is 0 Å². The molecule has 0 fully saturated rings. The molecule has 0 atom stereocenters. The molecule has 0 saturated carbocycles. The minimum atomic E-state index is -0.855. The largest absolute Gasteiger partial charge is 0.386 e. The lowest BCUT2D eigenvalue weighted by atomic mass is 10.1. The van der Waals surface area contributed by atoms with E-state index < -0.39 is 11.9 Å². The van der Waals surface area contributed by atoms with E-state index in [9.17, 15) is 9.59 Å². The first-order valence-corrected chi connectivity index (χ1v) is 6.07. The number of nitriles is 2. The normalized spacial score (nSPS) is 9.18. The van der Waals surface area contributed by atoms with Crippen LogP contribution in [0.5, 0.6) is 0 Å². The standard InChI is InChI=1S/C16H8N2O4/c17-9-11-1-5-13(6-2-11)15(19)21-22-16(20)14-7-3-12(10-18)4-8-14/h1-8H. The molecule has 0 amide bonds. The van der Waals surface area contributed by atoms with Crippen LogP contribution in [0, 0.1) is 22.7 Å². The van der Waals surface area contributed by atoms with Crippen LogP contribution in [0.4, 0.5) is 0 Å². The summed E-state index contributed by atoms with van der Waals surface area (Å²) in [5.74, 6) is -1.71. The fourth-order valence-electron chi connectivity index (χ4n) is 1.53. The highest BCUT2D eigenvalue weighted by atomic mass is 17.2. The zero-order valence-electron chi connectivity index (χ0n) is 11.1. The van der Waals surface area contributed by atoms with Crippen LogP contribution in [0.1, 0.15) is 31.8 Å². The van der Waals surface area contributed by atoms with Gasteiger partial charge >= 0.3 is 11.9 Å². The second-order valence-electron chi connectivity index (χ2n) is 4.12. The molecule has 0 aliphatic carbocycles. The molecule has 2 rings (SSSR count). The van der Waals surface area contributed by atoms with Gasteiger partial charge in [0.15, 0.2) is 0 Å². The number of hydrogen-bond donors (Lipinski definition) is 0. The minimum absolute atomic E-state index is 0.145. The van der Waals surface area contributed by atoms with Crippen molar-refractivity contribution in [2.75, 3.05) is 0 Å². The molecule has 0 aromatic heterocycles. The fourth-order valence-corrected chi connectivity index (χ4v) is 1.53. The maximum absolute atomic E-state index is 11.7. The predicted molar refractivity (Wildman–Crippen MR) is 73.1 cm³/mol. The quantitative estimate of drug-likeness (QED) is 0.622. The van der Waals surface area contributed by atoms with Gasteiger partial charge in [-0.3, -0.25) is 0 Å². The number of carbonyl (C=O) groups is 2. The Hall–Kier alpha value is -3.64. The van der Waals surface area contributed by atoms with Gasteiger partial charge in [-0.05, 0) is 48.5 Å². The van der Waals surface area contributed by atoms with Crippen molar-refractivity contribution in [1.29, 1.82) is 10.5 Å². The number of hydrogen-bond acceptors (Lipinski definition) is 6. The summed E-state index contributed by atoms with van der Waals surface area (Å²) in [4.78, 5) is 32.2. The molecule has 6 heteroatoms. The monoisotopic (exact) mass is 292 g/mol. The van der Waals surface area contributed by atoms with Gasteiger partial charge in [0.1, 0.15) is 0 Å². The van der Waals surface area contributed by atoms with Crippen LogP contribution in [0.15, 0.2) is 48.5 Å². The van der Waals surface area contributed by atoms with E-state index in [1.165, 1.54) is 48.5 Å². The number of rotatable bonds is 2. The Balaban J connectivity index is 1.96. The third-order valence-electron chi connectivity index (χ3n) is 2.69. The van der Waals surface area contributed by atoms with Crippen LogP contribution in [-0.4, -0.2) is 11.9 Å². The zero-order chi connectivity index (χ0) is 15.9. The van der Waals surface area contributed by atoms with E-state index in [1.54, 1.807) is 0 Å². The number of carbonyl (C=O) groups excluding carboxylic acids is 2. The Labute approximate surface area is 125 Å². The van der Waals surface area contributed by atoms with E-state index >= 15 is 0 Å². The molecule has 0 heterocycles. The van der Waals surface area contributed by atoms with Crippen molar-refractivity contribution >= 4 is 11.9 Å². The van der Waals surface area contributed by atoms with Gasteiger partial charge in [-0.25, -0.2) is 19.4 Å². The Kier molecular flexibility index (Phi) is 4.49. The van der Waals surface area contributed by atoms with Gasteiger partial charge in [0.2, 0.25) is 0 Å². The van der Waals surface area contributed by atoms with Crippen molar-refractivity contribution in [3.8, 4) is 12.1 Å². The van der Waals surface area contributed by atoms with E-state index in [0.717, 1.165) is 0 Å². The first kappa shape index (κ1) is 14.8. The number of nitrogens with zero attached hydrogens (tertiary/aromatic N) is 2. The number of benzene rings is 2.